The SMILES string of the molecule is CC=CC=CC=CCCC=CC=CC(=O)O. The van der Waals surface area contributed by atoms with Crippen LogP contribution in [0.25, 0.3) is 0 Å². The van der Waals surface area contributed by atoms with Gasteiger partial charge in [-0.2, -0.15) is 0 Å². The highest BCUT2D eigenvalue weighted by molar-refractivity contribution is 5.80. The lowest BCUT2D eigenvalue weighted by molar-refractivity contribution is -0.131. The fraction of sp³-hybridized carbons (Fsp3) is 0.214. The zero-order valence-corrected chi connectivity index (χ0v) is 9.54. The van der Waals surface area contributed by atoms with Crippen molar-refractivity contribution < 1.29 is 9.90 Å². The third-order valence-corrected chi connectivity index (χ3v) is 1.65. The van der Waals surface area contributed by atoms with Gasteiger partial charge >= 0.3 is 5.97 Å². The van der Waals surface area contributed by atoms with Gasteiger partial charge in [-0.15, -0.1) is 0 Å². The minimum absolute atomic E-state index is 0.915. The molecule has 1 N–H and O–H groups in total. The van der Waals surface area contributed by atoms with Crippen LogP contribution in [0.4, 0.5) is 0 Å². The molecule has 0 unspecified atom stereocenters. The van der Waals surface area contributed by atoms with Crippen molar-refractivity contribution in [2.75, 3.05) is 0 Å². The highest BCUT2D eigenvalue weighted by Crippen LogP contribution is 1.94. The van der Waals surface area contributed by atoms with Crippen molar-refractivity contribution in [2.24, 2.45) is 0 Å². The Morgan fingerprint density at radius 3 is 2.06 bits per heavy atom. The van der Waals surface area contributed by atoms with Crippen LogP contribution in [0.5, 0.6) is 0 Å². The number of carboxylic acid groups (broad SMARTS) is 1. The van der Waals surface area contributed by atoms with Gasteiger partial charge in [0.25, 0.3) is 0 Å². The van der Waals surface area contributed by atoms with E-state index in [4.69, 9.17) is 5.11 Å². The number of rotatable bonds is 7. The molecule has 86 valence electrons. The highest BCUT2D eigenvalue weighted by Gasteiger charge is 1.80. The van der Waals surface area contributed by atoms with E-state index in [-0.39, 0.29) is 0 Å². The largest absolute Gasteiger partial charge is 0.478 e. The molecule has 0 spiro atoms. The molecule has 0 saturated carbocycles. The first kappa shape index (κ1) is 14.2. The van der Waals surface area contributed by atoms with Gasteiger partial charge < -0.3 is 5.11 Å². The van der Waals surface area contributed by atoms with Crippen LogP contribution in [0.3, 0.4) is 0 Å². The zero-order valence-electron chi connectivity index (χ0n) is 9.54. The minimum Gasteiger partial charge on any atom is -0.478 e. The van der Waals surface area contributed by atoms with Crippen LogP contribution in [0.15, 0.2) is 60.8 Å². The minimum atomic E-state index is -0.918. The van der Waals surface area contributed by atoms with Gasteiger partial charge in [0, 0.05) is 6.08 Å². The van der Waals surface area contributed by atoms with E-state index >= 15 is 0 Å². The van der Waals surface area contributed by atoms with E-state index in [2.05, 4.69) is 6.08 Å². The van der Waals surface area contributed by atoms with Gasteiger partial charge in [0.2, 0.25) is 0 Å². The number of hydrogen-bond donors (Lipinski definition) is 1. The van der Waals surface area contributed by atoms with E-state index < -0.39 is 5.97 Å². The predicted octanol–water partition coefficient (Wildman–Crippen LogP) is 3.65. The van der Waals surface area contributed by atoms with Crippen LogP contribution in [0, 0.1) is 0 Å². The Labute approximate surface area is 97.0 Å². The monoisotopic (exact) mass is 218 g/mol. The summed E-state index contributed by atoms with van der Waals surface area (Å²) >= 11 is 0. The van der Waals surface area contributed by atoms with Gasteiger partial charge in [0.05, 0.1) is 0 Å². The number of unbranched alkanes of at least 4 members (excludes halogenated alkanes) is 1. The average Bonchev–Trinajstić information content (AvgIpc) is 2.25. The van der Waals surface area contributed by atoms with Gasteiger partial charge in [-0.1, -0.05) is 54.7 Å². The average molecular weight is 218 g/mol. The highest BCUT2D eigenvalue weighted by atomic mass is 16.4. The van der Waals surface area contributed by atoms with Gasteiger partial charge in [0.15, 0.2) is 0 Å². The fourth-order valence-electron chi connectivity index (χ4n) is 0.919. The maximum atomic E-state index is 10.1. The molecule has 0 aromatic carbocycles. The van der Waals surface area contributed by atoms with E-state index in [1.165, 1.54) is 6.08 Å². The quantitative estimate of drug-likeness (QED) is 0.402. The summed E-state index contributed by atoms with van der Waals surface area (Å²) in [5, 5.41) is 8.31. The van der Waals surface area contributed by atoms with Gasteiger partial charge in [-0.3, -0.25) is 0 Å². The Morgan fingerprint density at radius 1 is 0.938 bits per heavy atom. The van der Waals surface area contributed by atoms with Crippen LogP contribution in [-0.4, -0.2) is 11.1 Å². The number of allylic oxidation sites excluding steroid dienone is 9. The van der Waals surface area contributed by atoms with Crippen LogP contribution in [0.2, 0.25) is 0 Å². The number of hydrogen-bond acceptors (Lipinski definition) is 1. The van der Waals surface area contributed by atoms with Crippen molar-refractivity contribution >= 4 is 5.97 Å². The lowest BCUT2D eigenvalue weighted by atomic mass is 10.2. The summed E-state index contributed by atoms with van der Waals surface area (Å²) in [6.45, 7) is 1.98. The first-order valence-electron chi connectivity index (χ1n) is 5.28. The van der Waals surface area contributed by atoms with Crippen LogP contribution in [0.1, 0.15) is 19.8 Å². The summed E-state index contributed by atoms with van der Waals surface area (Å²) in [6.07, 6.45) is 20.2. The molecule has 2 heteroatoms. The van der Waals surface area contributed by atoms with Gasteiger partial charge in [-0.25, -0.2) is 4.79 Å². The van der Waals surface area contributed by atoms with Crippen molar-refractivity contribution in [1.82, 2.24) is 0 Å². The normalized spacial score (nSPS) is 13.1. The summed E-state index contributed by atoms with van der Waals surface area (Å²) in [4.78, 5) is 10.1. The second kappa shape index (κ2) is 11.2. The maximum absolute atomic E-state index is 10.1. The van der Waals surface area contributed by atoms with Gasteiger partial charge in [-0.05, 0) is 19.8 Å². The second-order valence-electron chi connectivity index (χ2n) is 3.04. The Morgan fingerprint density at radius 2 is 1.50 bits per heavy atom. The van der Waals surface area contributed by atoms with E-state index in [0.29, 0.717) is 0 Å². The Hall–Kier alpha value is -1.83. The van der Waals surface area contributed by atoms with Crippen molar-refractivity contribution in [3.05, 3.63) is 60.8 Å². The molecule has 0 rings (SSSR count). The molecule has 0 aliphatic heterocycles. The number of aliphatic carboxylic acids is 1. The number of carbonyl (C=O) groups is 1. The Balaban J connectivity index is 3.56. The van der Waals surface area contributed by atoms with E-state index in [1.54, 1.807) is 6.08 Å². The zero-order chi connectivity index (χ0) is 12.1. The lowest BCUT2D eigenvalue weighted by Crippen LogP contribution is -1.84. The van der Waals surface area contributed by atoms with Crippen molar-refractivity contribution in [3.63, 3.8) is 0 Å². The number of carboxylic acids is 1. The molecule has 16 heavy (non-hydrogen) atoms. The Kier molecular flexibility index (Phi) is 9.96. The fourth-order valence-corrected chi connectivity index (χ4v) is 0.919. The molecule has 0 aromatic heterocycles. The van der Waals surface area contributed by atoms with Crippen molar-refractivity contribution in [2.45, 2.75) is 19.8 Å². The molecule has 0 bridgehead atoms. The molecule has 0 amide bonds. The molecule has 0 fully saturated rings. The van der Waals surface area contributed by atoms with Crippen LogP contribution < -0.4 is 0 Å². The van der Waals surface area contributed by atoms with Crippen molar-refractivity contribution in [3.8, 4) is 0 Å². The smallest absolute Gasteiger partial charge is 0.328 e. The molecule has 2 nitrogen and oxygen atoms in total. The topological polar surface area (TPSA) is 37.3 Å². The molecule has 0 saturated heterocycles. The summed E-state index contributed by atoms with van der Waals surface area (Å²) < 4.78 is 0. The van der Waals surface area contributed by atoms with Crippen LogP contribution >= 0.6 is 0 Å². The first-order valence-corrected chi connectivity index (χ1v) is 5.28. The molecule has 0 aliphatic rings. The predicted molar refractivity (Wildman–Crippen MR) is 68.2 cm³/mol. The summed E-state index contributed by atoms with van der Waals surface area (Å²) in [5.74, 6) is -0.918. The van der Waals surface area contributed by atoms with E-state index in [0.717, 1.165) is 18.9 Å². The summed E-state index contributed by atoms with van der Waals surface area (Å²) in [7, 11) is 0. The third-order valence-electron chi connectivity index (χ3n) is 1.65. The Bertz CT molecular complexity index is 318. The lowest BCUT2D eigenvalue weighted by Gasteiger charge is -1.83. The standard InChI is InChI=1S/C14H18O2/c1-2-3-4-5-6-7-8-9-10-11-12-13-14(15)16/h2-7,10-13H,8-9H2,1H3,(H,15,16). The molecule has 0 atom stereocenters. The van der Waals surface area contributed by atoms with E-state index in [1.807, 2.05) is 43.4 Å². The second-order valence-corrected chi connectivity index (χ2v) is 3.04. The first-order chi connectivity index (χ1) is 7.77. The van der Waals surface area contributed by atoms with Crippen LogP contribution in [-0.2, 0) is 4.79 Å². The summed E-state index contributed by atoms with van der Waals surface area (Å²) in [5.41, 5.74) is 0. The molecule has 0 aliphatic carbocycles. The van der Waals surface area contributed by atoms with E-state index in [9.17, 15) is 4.79 Å². The van der Waals surface area contributed by atoms with Crippen molar-refractivity contribution in [1.29, 1.82) is 0 Å². The molecular formula is C14H18O2. The summed E-state index contributed by atoms with van der Waals surface area (Å²) in [6, 6.07) is 0. The van der Waals surface area contributed by atoms with Gasteiger partial charge in [0.1, 0.15) is 0 Å². The molecule has 0 radical (unpaired) electrons. The molecule has 0 aromatic rings. The molecular weight excluding hydrogens is 200 g/mol. The maximum Gasteiger partial charge on any atom is 0.328 e. The molecule has 0 heterocycles. The third kappa shape index (κ3) is 12.2.